The SMILES string of the molecule is CCO[PH](=O)CCCP(=O)(O)OCC. The van der Waals surface area contributed by atoms with E-state index in [1.807, 2.05) is 0 Å². The normalized spacial score (nSPS) is 17.6. The van der Waals surface area contributed by atoms with Gasteiger partial charge in [-0.1, -0.05) is 0 Å². The molecule has 0 heterocycles. The lowest BCUT2D eigenvalue weighted by molar-refractivity contribution is 0.273. The molecule has 86 valence electrons. The van der Waals surface area contributed by atoms with Crippen LogP contribution < -0.4 is 0 Å². The minimum Gasteiger partial charge on any atom is -0.331 e. The highest BCUT2D eigenvalue weighted by atomic mass is 31.2. The van der Waals surface area contributed by atoms with Crippen LogP contribution in [-0.2, 0) is 18.2 Å². The second-order valence-corrected chi connectivity index (χ2v) is 6.20. The lowest BCUT2D eigenvalue weighted by atomic mass is 10.6. The monoisotopic (exact) mass is 244 g/mol. The number of rotatable bonds is 8. The zero-order chi connectivity index (χ0) is 11.0. The van der Waals surface area contributed by atoms with Crippen LogP contribution in [0.15, 0.2) is 0 Å². The first-order chi connectivity index (χ1) is 6.52. The Hall–Kier alpha value is 0.340. The average Bonchev–Trinajstić information content (AvgIpc) is 2.03. The van der Waals surface area contributed by atoms with Crippen LogP contribution in [0.5, 0.6) is 0 Å². The summed E-state index contributed by atoms with van der Waals surface area (Å²) in [6.07, 6.45) is 0.784. The zero-order valence-electron chi connectivity index (χ0n) is 8.56. The van der Waals surface area contributed by atoms with Crippen molar-refractivity contribution in [1.82, 2.24) is 0 Å². The summed E-state index contributed by atoms with van der Waals surface area (Å²) >= 11 is 0. The van der Waals surface area contributed by atoms with E-state index >= 15 is 0 Å². The Kier molecular flexibility index (Phi) is 7.79. The quantitative estimate of drug-likeness (QED) is 0.662. The Morgan fingerprint density at radius 1 is 1.36 bits per heavy atom. The van der Waals surface area contributed by atoms with Crippen LogP contribution in [0.25, 0.3) is 0 Å². The first kappa shape index (κ1) is 14.3. The highest BCUT2D eigenvalue weighted by molar-refractivity contribution is 7.52. The topological polar surface area (TPSA) is 72.8 Å². The molecule has 0 saturated heterocycles. The molecule has 0 aromatic rings. The van der Waals surface area contributed by atoms with Crippen LogP contribution in [0.1, 0.15) is 20.3 Å². The first-order valence-corrected chi connectivity index (χ1v) is 7.92. The fourth-order valence-electron chi connectivity index (χ4n) is 0.923. The molecule has 0 spiro atoms. The molecular formula is C7H18O5P2. The highest BCUT2D eigenvalue weighted by Gasteiger charge is 2.17. The molecule has 2 unspecified atom stereocenters. The van der Waals surface area contributed by atoms with Gasteiger partial charge in [-0.3, -0.25) is 9.13 Å². The van der Waals surface area contributed by atoms with E-state index in [9.17, 15) is 9.13 Å². The van der Waals surface area contributed by atoms with Crippen molar-refractivity contribution < 1.29 is 23.1 Å². The lowest BCUT2D eigenvalue weighted by Crippen LogP contribution is -1.96. The molecule has 0 saturated carbocycles. The van der Waals surface area contributed by atoms with Gasteiger partial charge in [-0.15, -0.1) is 0 Å². The third-order valence-corrected chi connectivity index (χ3v) is 4.37. The molecule has 1 N–H and O–H groups in total. The van der Waals surface area contributed by atoms with Crippen LogP contribution in [-0.4, -0.2) is 30.4 Å². The second kappa shape index (κ2) is 7.61. The van der Waals surface area contributed by atoms with Gasteiger partial charge in [0.05, 0.1) is 19.4 Å². The fraction of sp³-hybridized carbons (Fsp3) is 1.00. The van der Waals surface area contributed by atoms with E-state index in [1.54, 1.807) is 13.8 Å². The van der Waals surface area contributed by atoms with Crippen molar-refractivity contribution in [3.8, 4) is 0 Å². The molecule has 0 bridgehead atoms. The van der Waals surface area contributed by atoms with Gasteiger partial charge in [0.1, 0.15) is 0 Å². The Morgan fingerprint density at radius 3 is 2.50 bits per heavy atom. The summed E-state index contributed by atoms with van der Waals surface area (Å²) in [5.41, 5.74) is 0. The van der Waals surface area contributed by atoms with Crippen molar-refractivity contribution in [2.45, 2.75) is 20.3 Å². The van der Waals surface area contributed by atoms with E-state index in [0.29, 0.717) is 19.2 Å². The maximum atomic E-state index is 11.2. The van der Waals surface area contributed by atoms with Gasteiger partial charge in [0.25, 0.3) is 0 Å². The number of hydrogen-bond acceptors (Lipinski definition) is 4. The Bertz CT molecular complexity index is 218. The van der Waals surface area contributed by atoms with Crippen molar-refractivity contribution in [2.75, 3.05) is 25.5 Å². The highest BCUT2D eigenvalue weighted by Crippen LogP contribution is 2.43. The number of hydrogen-bond donors (Lipinski definition) is 1. The summed E-state index contributed by atoms with van der Waals surface area (Å²) < 4.78 is 31.7. The molecule has 14 heavy (non-hydrogen) atoms. The molecular weight excluding hydrogens is 226 g/mol. The van der Waals surface area contributed by atoms with E-state index in [-0.39, 0.29) is 12.8 Å². The first-order valence-electron chi connectivity index (χ1n) is 4.63. The third-order valence-electron chi connectivity index (χ3n) is 1.46. The van der Waals surface area contributed by atoms with Gasteiger partial charge in [0, 0.05) is 6.16 Å². The van der Waals surface area contributed by atoms with Gasteiger partial charge in [-0.05, 0) is 20.3 Å². The lowest BCUT2D eigenvalue weighted by Gasteiger charge is -2.09. The molecule has 0 radical (unpaired) electrons. The average molecular weight is 244 g/mol. The molecule has 0 rings (SSSR count). The summed E-state index contributed by atoms with van der Waals surface area (Å²) in [6, 6.07) is 0. The summed E-state index contributed by atoms with van der Waals surface area (Å²) in [7, 11) is -5.46. The molecule has 7 heteroatoms. The molecule has 0 aliphatic carbocycles. The summed E-state index contributed by atoms with van der Waals surface area (Å²) in [6.45, 7) is 4.06. The summed E-state index contributed by atoms with van der Waals surface area (Å²) in [4.78, 5) is 9.16. The van der Waals surface area contributed by atoms with Crippen molar-refractivity contribution in [1.29, 1.82) is 0 Å². The Labute approximate surface area is 85.2 Å². The molecule has 2 atom stereocenters. The van der Waals surface area contributed by atoms with Crippen LogP contribution in [0, 0.1) is 0 Å². The standard InChI is InChI=1S/C7H18O5P2/c1-3-11-13(8)6-5-7-14(9,10)12-4-2/h13H,3-7H2,1-2H3,(H,9,10). The van der Waals surface area contributed by atoms with Gasteiger partial charge < -0.3 is 13.9 Å². The molecule has 0 fully saturated rings. The van der Waals surface area contributed by atoms with Gasteiger partial charge >= 0.3 is 7.60 Å². The van der Waals surface area contributed by atoms with Gasteiger partial charge in [-0.25, -0.2) is 0 Å². The van der Waals surface area contributed by atoms with Crippen LogP contribution in [0.2, 0.25) is 0 Å². The zero-order valence-corrected chi connectivity index (χ0v) is 10.5. The van der Waals surface area contributed by atoms with Crippen LogP contribution in [0.3, 0.4) is 0 Å². The molecule has 0 aromatic heterocycles. The molecule has 5 nitrogen and oxygen atoms in total. The van der Waals surface area contributed by atoms with E-state index in [1.165, 1.54) is 0 Å². The maximum Gasteiger partial charge on any atom is 0.328 e. The predicted octanol–water partition coefficient (Wildman–Crippen LogP) is 2.11. The predicted molar refractivity (Wildman–Crippen MR) is 56.4 cm³/mol. The summed E-state index contributed by atoms with van der Waals surface area (Å²) in [5, 5.41) is 0. The largest absolute Gasteiger partial charge is 0.331 e. The van der Waals surface area contributed by atoms with Crippen molar-refractivity contribution in [3.63, 3.8) is 0 Å². The van der Waals surface area contributed by atoms with Crippen molar-refractivity contribution in [3.05, 3.63) is 0 Å². The van der Waals surface area contributed by atoms with Crippen molar-refractivity contribution >= 4 is 15.6 Å². The van der Waals surface area contributed by atoms with Gasteiger partial charge in [0.2, 0.25) is 0 Å². The molecule has 0 aromatic carbocycles. The smallest absolute Gasteiger partial charge is 0.328 e. The van der Waals surface area contributed by atoms with E-state index in [4.69, 9.17) is 9.42 Å². The summed E-state index contributed by atoms with van der Waals surface area (Å²) in [5.74, 6) is 0. The van der Waals surface area contributed by atoms with Crippen LogP contribution in [0.4, 0.5) is 0 Å². The maximum absolute atomic E-state index is 11.2. The molecule has 0 aliphatic rings. The molecule has 0 amide bonds. The third kappa shape index (κ3) is 7.72. The minimum absolute atomic E-state index is 0.0460. The van der Waals surface area contributed by atoms with Gasteiger partial charge in [0.15, 0.2) is 8.03 Å². The van der Waals surface area contributed by atoms with E-state index < -0.39 is 15.6 Å². The van der Waals surface area contributed by atoms with Crippen LogP contribution >= 0.6 is 15.6 Å². The van der Waals surface area contributed by atoms with E-state index in [2.05, 4.69) is 4.52 Å². The van der Waals surface area contributed by atoms with Gasteiger partial charge in [-0.2, -0.15) is 0 Å². The van der Waals surface area contributed by atoms with Crippen molar-refractivity contribution in [2.24, 2.45) is 0 Å². The molecule has 0 aliphatic heterocycles. The Balaban J connectivity index is 3.62. The Morgan fingerprint density at radius 2 is 2.00 bits per heavy atom. The fourth-order valence-corrected chi connectivity index (χ4v) is 3.24. The second-order valence-electron chi connectivity index (χ2n) is 2.69. The van der Waals surface area contributed by atoms with E-state index in [0.717, 1.165) is 0 Å². The minimum atomic E-state index is -3.45.